The van der Waals surface area contributed by atoms with E-state index in [0.29, 0.717) is 32.4 Å². The molecular formula is C13H22N2O5. The van der Waals surface area contributed by atoms with E-state index in [1.54, 1.807) is 7.11 Å². The molecule has 20 heavy (non-hydrogen) atoms. The summed E-state index contributed by atoms with van der Waals surface area (Å²) in [7, 11) is 1.55. The second kappa shape index (κ2) is 8.52. The molecule has 0 radical (unpaired) electrons. The summed E-state index contributed by atoms with van der Waals surface area (Å²) in [5.41, 5.74) is 0. The zero-order valence-corrected chi connectivity index (χ0v) is 11.7. The number of carbonyl (C=O) groups excluding carboxylic acids is 2. The Bertz CT molecular complexity index is 359. The summed E-state index contributed by atoms with van der Waals surface area (Å²) in [6.45, 7) is 1.18. The van der Waals surface area contributed by atoms with Gasteiger partial charge in [-0.2, -0.15) is 0 Å². The Labute approximate surface area is 118 Å². The zero-order valence-electron chi connectivity index (χ0n) is 11.7. The van der Waals surface area contributed by atoms with E-state index >= 15 is 0 Å². The Morgan fingerprint density at radius 3 is 2.45 bits per heavy atom. The molecule has 1 aliphatic carbocycles. The lowest BCUT2D eigenvalue weighted by molar-refractivity contribution is -0.141. The second-order valence-corrected chi connectivity index (χ2v) is 4.93. The molecule has 0 aromatic heterocycles. The summed E-state index contributed by atoms with van der Waals surface area (Å²) in [6, 6.07) is 0. The lowest BCUT2D eigenvalue weighted by atomic mass is 10.0. The summed E-state index contributed by atoms with van der Waals surface area (Å²) in [6.07, 6.45) is 1.75. The standard InChI is InChI=1S/C13H22N2O5/c1-20-7-6-14-11(16)4-5-15-12(17)9-2-3-10(8-9)13(18)19/h9-10H,2-8H2,1H3,(H,14,16)(H,15,17)(H,18,19). The monoisotopic (exact) mass is 286 g/mol. The molecule has 1 rings (SSSR count). The number of hydrogen-bond donors (Lipinski definition) is 3. The predicted octanol–water partition coefficient (Wildman–Crippen LogP) is -0.244. The molecule has 1 aliphatic rings. The number of ether oxygens (including phenoxy) is 1. The number of nitrogens with one attached hydrogen (secondary N) is 2. The maximum absolute atomic E-state index is 11.8. The third kappa shape index (κ3) is 5.56. The van der Waals surface area contributed by atoms with Crippen LogP contribution in [0.15, 0.2) is 0 Å². The maximum Gasteiger partial charge on any atom is 0.306 e. The van der Waals surface area contributed by atoms with Gasteiger partial charge in [0, 0.05) is 32.5 Å². The van der Waals surface area contributed by atoms with E-state index < -0.39 is 11.9 Å². The van der Waals surface area contributed by atoms with Crippen LogP contribution in [0.4, 0.5) is 0 Å². The summed E-state index contributed by atoms with van der Waals surface area (Å²) in [5, 5.41) is 14.2. The molecule has 0 heterocycles. The Kier molecular flexibility index (Phi) is 7.00. The maximum atomic E-state index is 11.8. The first-order chi connectivity index (χ1) is 9.54. The van der Waals surface area contributed by atoms with E-state index in [4.69, 9.17) is 9.84 Å². The van der Waals surface area contributed by atoms with Crippen molar-refractivity contribution in [2.45, 2.75) is 25.7 Å². The minimum Gasteiger partial charge on any atom is -0.481 e. The van der Waals surface area contributed by atoms with Gasteiger partial charge >= 0.3 is 5.97 Å². The SMILES string of the molecule is COCCNC(=O)CCNC(=O)C1CCC(C(=O)O)C1. The number of hydrogen-bond acceptors (Lipinski definition) is 4. The minimum absolute atomic E-state index is 0.141. The molecule has 2 atom stereocenters. The first kappa shape index (κ1) is 16.4. The van der Waals surface area contributed by atoms with Gasteiger partial charge < -0.3 is 20.5 Å². The van der Waals surface area contributed by atoms with E-state index in [-0.39, 0.29) is 30.7 Å². The van der Waals surface area contributed by atoms with Crippen LogP contribution in [0.1, 0.15) is 25.7 Å². The first-order valence-corrected chi connectivity index (χ1v) is 6.80. The number of carbonyl (C=O) groups is 3. The lowest BCUT2D eigenvalue weighted by Gasteiger charge is -2.10. The molecule has 3 N–H and O–H groups in total. The highest BCUT2D eigenvalue weighted by molar-refractivity contribution is 5.82. The molecule has 0 aromatic rings. The van der Waals surface area contributed by atoms with Crippen molar-refractivity contribution in [1.29, 1.82) is 0 Å². The molecule has 0 aliphatic heterocycles. The lowest BCUT2D eigenvalue weighted by Crippen LogP contribution is -2.34. The van der Waals surface area contributed by atoms with Gasteiger partial charge in [-0.1, -0.05) is 0 Å². The molecule has 114 valence electrons. The van der Waals surface area contributed by atoms with Crippen LogP contribution >= 0.6 is 0 Å². The molecule has 2 amide bonds. The average Bonchev–Trinajstić information content (AvgIpc) is 2.88. The van der Waals surface area contributed by atoms with Crippen LogP contribution in [-0.2, 0) is 19.1 Å². The molecule has 7 nitrogen and oxygen atoms in total. The van der Waals surface area contributed by atoms with Gasteiger partial charge in [0.15, 0.2) is 0 Å². The summed E-state index contributed by atoms with van der Waals surface area (Å²) in [5.74, 6) is -1.79. The van der Waals surface area contributed by atoms with Gasteiger partial charge in [0.1, 0.15) is 0 Å². The third-order valence-electron chi connectivity index (χ3n) is 3.43. The van der Waals surface area contributed by atoms with Gasteiger partial charge in [-0.15, -0.1) is 0 Å². The fraction of sp³-hybridized carbons (Fsp3) is 0.769. The van der Waals surface area contributed by atoms with Crippen LogP contribution in [0, 0.1) is 11.8 Å². The number of aliphatic carboxylic acids is 1. The van der Waals surface area contributed by atoms with E-state index in [9.17, 15) is 14.4 Å². The molecule has 1 saturated carbocycles. The number of rotatable bonds is 8. The van der Waals surface area contributed by atoms with Crippen LogP contribution in [0.25, 0.3) is 0 Å². The van der Waals surface area contributed by atoms with Gasteiger partial charge in [0.2, 0.25) is 11.8 Å². The molecule has 2 unspecified atom stereocenters. The zero-order chi connectivity index (χ0) is 15.0. The normalized spacial score (nSPS) is 21.4. The molecule has 0 bridgehead atoms. The van der Waals surface area contributed by atoms with Crippen molar-refractivity contribution < 1.29 is 24.2 Å². The van der Waals surface area contributed by atoms with E-state index in [1.165, 1.54) is 0 Å². The van der Waals surface area contributed by atoms with Crippen LogP contribution in [0.2, 0.25) is 0 Å². The van der Waals surface area contributed by atoms with Crippen LogP contribution in [-0.4, -0.2) is 49.7 Å². The molecule has 0 spiro atoms. The molecular weight excluding hydrogens is 264 g/mol. The summed E-state index contributed by atoms with van der Waals surface area (Å²) in [4.78, 5) is 34.0. The van der Waals surface area contributed by atoms with Gasteiger partial charge in [-0.25, -0.2) is 0 Å². The Morgan fingerprint density at radius 1 is 1.15 bits per heavy atom. The van der Waals surface area contributed by atoms with Crippen molar-refractivity contribution in [3.05, 3.63) is 0 Å². The van der Waals surface area contributed by atoms with Crippen molar-refractivity contribution in [3.8, 4) is 0 Å². The third-order valence-corrected chi connectivity index (χ3v) is 3.43. The van der Waals surface area contributed by atoms with Crippen molar-refractivity contribution in [2.75, 3.05) is 26.8 Å². The van der Waals surface area contributed by atoms with Gasteiger partial charge in [-0.3, -0.25) is 14.4 Å². The average molecular weight is 286 g/mol. The fourth-order valence-corrected chi connectivity index (χ4v) is 2.27. The van der Waals surface area contributed by atoms with E-state index in [0.717, 1.165) is 0 Å². The number of amides is 2. The topological polar surface area (TPSA) is 105 Å². The number of carboxylic acids is 1. The van der Waals surface area contributed by atoms with Crippen LogP contribution in [0.3, 0.4) is 0 Å². The predicted molar refractivity (Wildman–Crippen MR) is 71.0 cm³/mol. The second-order valence-electron chi connectivity index (χ2n) is 4.93. The molecule has 7 heteroatoms. The van der Waals surface area contributed by atoms with Gasteiger partial charge in [-0.05, 0) is 19.3 Å². The van der Waals surface area contributed by atoms with Gasteiger partial charge in [0.05, 0.1) is 12.5 Å². The minimum atomic E-state index is -0.835. The van der Waals surface area contributed by atoms with Crippen molar-refractivity contribution in [1.82, 2.24) is 10.6 Å². The van der Waals surface area contributed by atoms with Crippen molar-refractivity contribution in [3.63, 3.8) is 0 Å². The Balaban J connectivity index is 2.14. The molecule has 0 aromatic carbocycles. The Morgan fingerprint density at radius 2 is 1.85 bits per heavy atom. The molecule has 1 fully saturated rings. The van der Waals surface area contributed by atoms with Crippen LogP contribution < -0.4 is 10.6 Å². The fourth-order valence-electron chi connectivity index (χ4n) is 2.27. The number of methoxy groups -OCH3 is 1. The van der Waals surface area contributed by atoms with E-state index in [2.05, 4.69) is 10.6 Å². The highest BCUT2D eigenvalue weighted by Gasteiger charge is 2.33. The van der Waals surface area contributed by atoms with Gasteiger partial charge in [0.25, 0.3) is 0 Å². The van der Waals surface area contributed by atoms with Crippen molar-refractivity contribution >= 4 is 17.8 Å². The summed E-state index contributed by atoms with van der Waals surface area (Å²) < 4.78 is 4.80. The quantitative estimate of drug-likeness (QED) is 0.534. The number of carboxylic acid groups (broad SMARTS) is 1. The largest absolute Gasteiger partial charge is 0.481 e. The van der Waals surface area contributed by atoms with E-state index in [1.807, 2.05) is 0 Å². The summed E-state index contributed by atoms with van der Waals surface area (Å²) >= 11 is 0. The first-order valence-electron chi connectivity index (χ1n) is 6.80. The highest BCUT2D eigenvalue weighted by atomic mass is 16.5. The van der Waals surface area contributed by atoms with Crippen LogP contribution in [0.5, 0.6) is 0 Å². The smallest absolute Gasteiger partial charge is 0.306 e. The van der Waals surface area contributed by atoms with Crippen molar-refractivity contribution in [2.24, 2.45) is 11.8 Å². The molecule has 0 saturated heterocycles. The highest BCUT2D eigenvalue weighted by Crippen LogP contribution is 2.30. The Hall–Kier alpha value is -1.63.